The molecule has 0 aromatic heterocycles. The van der Waals surface area contributed by atoms with Crippen LogP contribution in [0.15, 0.2) is 41.1 Å². The minimum atomic E-state index is 0.0273. The van der Waals surface area contributed by atoms with E-state index in [2.05, 4.69) is 38.4 Å². The topological polar surface area (TPSA) is 35.5 Å². The summed E-state index contributed by atoms with van der Waals surface area (Å²) in [7, 11) is 0. The summed E-state index contributed by atoms with van der Waals surface area (Å²) in [5.41, 5.74) is 4.57. The normalized spacial score (nSPS) is 17.9. The lowest BCUT2D eigenvalue weighted by molar-refractivity contribution is 0.102. The SMILES string of the molecule is C=CC1=C2/C(=C\Br)OCc3cc(C(=O)CBr)cc(c32)OC1. The molecule has 0 bridgehead atoms. The number of alkyl halides is 1. The molecule has 0 spiro atoms. The molecule has 2 aliphatic rings. The summed E-state index contributed by atoms with van der Waals surface area (Å²) >= 11 is 6.54. The van der Waals surface area contributed by atoms with Crippen LogP contribution in [-0.2, 0) is 11.3 Å². The number of halogens is 2. The number of Topliss-reactive ketones (excluding diaryl/α,β-unsaturated/α-hetero) is 1. The van der Waals surface area contributed by atoms with Gasteiger partial charge in [0.2, 0.25) is 0 Å². The van der Waals surface area contributed by atoms with Crippen molar-refractivity contribution in [1.82, 2.24) is 0 Å². The molecule has 2 heterocycles. The van der Waals surface area contributed by atoms with Gasteiger partial charge in [-0.05, 0) is 12.1 Å². The lowest BCUT2D eigenvalue weighted by Gasteiger charge is -2.30. The zero-order valence-electron chi connectivity index (χ0n) is 11.1. The number of allylic oxidation sites excluding steroid dienone is 1. The minimum Gasteiger partial charge on any atom is -0.488 e. The van der Waals surface area contributed by atoms with Crippen LogP contribution in [0.1, 0.15) is 21.5 Å². The van der Waals surface area contributed by atoms with Crippen molar-refractivity contribution in [2.45, 2.75) is 6.61 Å². The largest absolute Gasteiger partial charge is 0.488 e. The summed E-state index contributed by atoms with van der Waals surface area (Å²) < 4.78 is 11.6. The number of rotatable bonds is 3. The van der Waals surface area contributed by atoms with Crippen molar-refractivity contribution in [2.24, 2.45) is 0 Å². The first kappa shape index (κ1) is 14.6. The molecular formula is C16H12Br2O3. The van der Waals surface area contributed by atoms with Crippen molar-refractivity contribution in [3.05, 3.63) is 57.8 Å². The molecule has 0 N–H and O–H groups in total. The number of ether oxygens (including phenoxy) is 2. The molecule has 0 amide bonds. The first-order chi connectivity index (χ1) is 10.2. The lowest BCUT2D eigenvalue weighted by atomic mass is 9.88. The van der Waals surface area contributed by atoms with Crippen molar-refractivity contribution in [1.29, 1.82) is 0 Å². The summed E-state index contributed by atoms with van der Waals surface area (Å²) in [6.45, 7) is 4.68. The molecule has 21 heavy (non-hydrogen) atoms. The number of hydrogen-bond acceptors (Lipinski definition) is 3. The van der Waals surface area contributed by atoms with Gasteiger partial charge in [-0.25, -0.2) is 0 Å². The van der Waals surface area contributed by atoms with Gasteiger partial charge in [0.1, 0.15) is 24.7 Å². The molecule has 0 saturated heterocycles. The maximum absolute atomic E-state index is 11.9. The Kier molecular flexibility index (Phi) is 4.04. The van der Waals surface area contributed by atoms with E-state index in [9.17, 15) is 4.79 Å². The molecule has 0 radical (unpaired) electrons. The Morgan fingerprint density at radius 3 is 2.81 bits per heavy atom. The molecule has 0 fully saturated rings. The van der Waals surface area contributed by atoms with Crippen LogP contribution >= 0.6 is 31.9 Å². The first-order valence-corrected chi connectivity index (χ1v) is 8.41. The van der Waals surface area contributed by atoms with Gasteiger partial charge in [-0.3, -0.25) is 4.79 Å². The number of carbonyl (C=O) groups excluding carboxylic acids is 1. The van der Waals surface area contributed by atoms with E-state index in [1.807, 2.05) is 6.07 Å². The molecule has 0 aliphatic carbocycles. The Bertz CT molecular complexity index is 702. The van der Waals surface area contributed by atoms with Crippen molar-refractivity contribution in [2.75, 3.05) is 11.9 Å². The number of ketones is 1. The fraction of sp³-hybridized carbons (Fsp3) is 0.188. The van der Waals surface area contributed by atoms with Crippen LogP contribution in [0.3, 0.4) is 0 Å². The molecule has 0 saturated carbocycles. The van der Waals surface area contributed by atoms with Crippen LogP contribution in [0, 0.1) is 0 Å². The number of hydrogen-bond donors (Lipinski definition) is 0. The Morgan fingerprint density at radius 2 is 2.14 bits per heavy atom. The summed E-state index contributed by atoms with van der Waals surface area (Å²) in [6, 6.07) is 3.68. The highest BCUT2D eigenvalue weighted by Gasteiger charge is 2.30. The Hall–Kier alpha value is -1.33. The predicted octanol–water partition coefficient (Wildman–Crippen LogP) is 4.36. The monoisotopic (exact) mass is 410 g/mol. The van der Waals surface area contributed by atoms with Gasteiger partial charge < -0.3 is 9.47 Å². The average Bonchev–Trinajstić information content (AvgIpc) is 2.54. The zero-order chi connectivity index (χ0) is 15.0. The van der Waals surface area contributed by atoms with E-state index < -0.39 is 0 Å². The fourth-order valence-electron chi connectivity index (χ4n) is 2.57. The first-order valence-electron chi connectivity index (χ1n) is 6.38. The fourth-order valence-corrected chi connectivity index (χ4v) is 3.25. The van der Waals surface area contributed by atoms with Crippen molar-refractivity contribution in [3.63, 3.8) is 0 Å². The second-order valence-electron chi connectivity index (χ2n) is 4.72. The maximum Gasteiger partial charge on any atom is 0.173 e. The van der Waals surface area contributed by atoms with Crippen molar-refractivity contribution >= 4 is 43.2 Å². The smallest absolute Gasteiger partial charge is 0.173 e. The third-order valence-corrected chi connectivity index (χ3v) is 4.48. The third-order valence-electron chi connectivity index (χ3n) is 3.56. The number of benzene rings is 1. The summed E-state index contributed by atoms with van der Waals surface area (Å²) in [5, 5.41) is 0.291. The summed E-state index contributed by atoms with van der Waals surface area (Å²) in [5.74, 6) is 1.52. The van der Waals surface area contributed by atoms with E-state index >= 15 is 0 Å². The maximum atomic E-state index is 11.9. The van der Waals surface area contributed by atoms with Crippen LogP contribution in [0.4, 0.5) is 0 Å². The van der Waals surface area contributed by atoms with E-state index in [1.54, 1.807) is 17.1 Å². The molecule has 0 unspecified atom stereocenters. The molecule has 108 valence electrons. The molecule has 1 aromatic rings. The number of carbonyl (C=O) groups is 1. The van der Waals surface area contributed by atoms with Gasteiger partial charge in [0, 0.05) is 32.8 Å². The molecule has 1 aromatic carbocycles. The van der Waals surface area contributed by atoms with Crippen molar-refractivity contribution < 1.29 is 14.3 Å². The van der Waals surface area contributed by atoms with E-state index in [-0.39, 0.29) is 5.78 Å². The Morgan fingerprint density at radius 1 is 1.33 bits per heavy atom. The van der Waals surface area contributed by atoms with Gasteiger partial charge in [0.05, 0.1) is 5.33 Å². The standard InChI is InChI=1S/C16H12Br2O3/c1-2-9-7-20-13-4-10(12(19)5-17)3-11-8-21-14(6-18)15(9)16(11)13/h2-4,6H,1,5,7-8H2/b14-6+. The molecule has 3 nitrogen and oxygen atoms in total. The van der Waals surface area contributed by atoms with E-state index in [4.69, 9.17) is 9.47 Å². The Balaban J connectivity index is 2.25. The average molecular weight is 412 g/mol. The Labute approximate surface area is 139 Å². The van der Waals surface area contributed by atoms with Gasteiger partial charge in [-0.2, -0.15) is 0 Å². The van der Waals surface area contributed by atoms with Gasteiger partial charge >= 0.3 is 0 Å². The van der Waals surface area contributed by atoms with E-state index in [0.29, 0.717) is 24.1 Å². The molecule has 3 rings (SSSR count). The van der Waals surface area contributed by atoms with Crippen LogP contribution < -0.4 is 4.74 Å². The minimum absolute atomic E-state index is 0.0273. The van der Waals surface area contributed by atoms with E-state index in [0.717, 1.165) is 33.8 Å². The third kappa shape index (κ3) is 2.38. The second-order valence-corrected chi connectivity index (χ2v) is 5.74. The van der Waals surface area contributed by atoms with Gasteiger partial charge in [0.15, 0.2) is 5.78 Å². The van der Waals surface area contributed by atoms with Gasteiger partial charge in [0.25, 0.3) is 0 Å². The molecular weight excluding hydrogens is 400 g/mol. The summed E-state index contributed by atoms with van der Waals surface area (Å²) in [6.07, 6.45) is 1.78. The highest BCUT2D eigenvalue weighted by molar-refractivity contribution is 9.11. The summed E-state index contributed by atoms with van der Waals surface area (Å²) in [4.78, 5) is 13.7. The predicted molar refractivity (Wildman–Crippen MR) is 89.0 cm³/mol. The lowest BCUT2D eigenvalue weighted by Crippen LogP contribution is -2.19. The van der Waals surface area contributed by atoms with Crippen LogP contribution in [0.25, 0.3) is 5.57 Å². The zero-order valence-corrected chi connectivity index (χ0v) is 14.3. The van der Waals surface area contributed by atoms with Crippen LogP contribution in [-0.4, -0.2) is 17.7 Å². The molecule has 2 aliphatic heterocycles. The second kappa shape index (κ2) is 5.81. The quantitative estimate of drug-likeness (QED) is 0.547. The van der Waals surface area contributed by atoms with E-state index in [1.165, 1.54) is 0 Å². The van der Waals surface area contributed by atoms with Crippen LogP contribution in [0.2, 0.25) is 0 Å². The van der Waals surface area contributed by atoms with Crippen LogP contribution in [0.5, 0.6) is 5.75 Å². The molecule has 5 heteroatoms. The van der Waals surface area contributed by atoms with Gasteiger partial charge in [-0.15, -0.1) is 0 Å². The molecule has 0 atom stereocenters. The van der Waals surface area contributed by atoms with Crippen molar-refractivity contribution in [3.8, 4) is 5.75 Å². The highest BCUT2D eigenvalue weighted by Crippen LogP contribution is 2.45. The van der Waals surface area contributed by atoms with Gasteiger partial charge in [-0.1, -0.05) is 44.5 Å². The highest BCUT2D eigenvalue weighted by atomic mass is 79.9.